The van der Waals surface area contributed by atoms with Crippen LogP contribution in [-0.2, 0) is 9.47 Å². The van der Waals surface area contributed by atoms with Gasteiger partial charge >= 0.3 is 0 Å². The van der Waals surface area contributed by atoms with E-state index >= 15 is 0 Å². The lowest BCUT2D eigenvalue weighted by atomic mass is 9.98. The van der Waals surface area contributed by atoms with Gasteiger partial charge in [-0.3, -0.25) is 0 Å². The fourth-order valence-corrected chi connectivity index (χ4v) is 3.65. The van der Waals surface area contributed by atoms with Crippen molar-refractivity contribution in [1.82, 2.24) is 0 Å². The summed E-state index contributed by atoms with van der Waals surface area (Å²) in [6.45, 7) is 0.319. The molecule has 0 amide bonds. The van der Waals surface area contributed by atoms with Gasteiger partial charge < -0.3 is 24.4 Å². The first-order valence-electron chi connectivity index (χ1n) is 10.0. The van der Waals surface area contributed by atoms with Crippen LogP contribution < -0.4 is 4.74 Å². The third-order valence-electron chi connectivity index (χ3n) is 5.42. The first kappa shape index (κ1) is 20.6. The van der Waals surface area contributed by atoms with Crippen molar-refractivity contribution in [1.29, 1.82) is 0 Å². The first-order valence-corrected chi connectivity index (χ1v) is 10.0. The van der Waals surface area contributed by atoms with Crippen LogP contribution in [0.2, 0.25) is 0 Å². The van der Waals surface area contributed by atoms with E-state index in [0.29, 0.717) is 0 Å². The van der Waals surface area contributed by atoms with Gasteiger partial charge in [0.15, 0.2) is 0 Å². The van der Waals surface area contributed by atoms with Crippen molar-refractivity contribution in [3.8, 4) is 16.9 Å². The van der Waals surface area contributed by atoms with Gasteiger partial charge in [0.2, 0.25) is 0 Å². The van der Waals surface area contributed by atoms with Gasteiger partial charge in [0.1, 0.15) is 30.2 Å². The predicted molar refractivity (Wildman–Crippen MR) is 114 cm³/mol. The van der Waals surface area contributed by atoms with E-state index in [-0.39, 0.29) is 19.3 Å². The normalized spacial score (nSPS) is 22.0. The molecule has 1 saturated heterocycles. The molecule has 1 aliphatic heterocycles. The van der Waals surface area contributed by atoms with Crippen LogP contribution >= 0.6 is 0 Å². The maximum absolute atomic E-state index is 10.0. The lowest BCUT2D eigenvalue weighted by molar-refractivity contribution is -0.0459. The fourth-order valence-electron chi connectivity index (χ4n) is 3.65. The average molecular weight is 406 g/mol. The van der Waals surface area contributed by atoms with Gasteiger partial charge in [0.05, 0.1) is 20.3 Å². The molecule has 0 bridgehead atoms. The van der Waals surface area contributed by atoms with Crippen molar-refractivity contribution in [2.24, 2.45) is 0 Å². The monoisotopic (exact) mass is 406 g/mol. The molecule has 30 heavy (non-hydrogen) atoms. The highest BCUT2D eigenvalue weighted by Gasteiger charge is 2.35. The Kier molecular flexibility index (Phi) is 6.45. The highest BCUT2D eigenvalue weighted by atomic mass is 16.6. The van der Waals surface area contributed by atoms with Crippen LogP contribution in [0.5, 0.6) is 5.75 Å². The number of methoxy groups -OCH3 is 1. The molecule has 0 aromatic heterocycles. The topological polar surface area (TPSA) is 68.2 Å². The summed E-state index contributed by atoms with van der Waals surface area (Å²) in [5.41, 5.74) is 4.23. The van der Waals surface area contributed by atoms with Crippen LogP contribution in [0.25, 0.3) is 11.1 Å². The number of ether oxygens (including phenoxy) is 3. The van der Waals surface area contributed by atoms with E-state index in [9.17, 15) is 10.2 Å². The molecule has 2 N–H and O–H groups in total. The highest BCUT2D eigenvalue weighted by Crippen LogP contribution is 2.30. The Morgan fingerprint density at radius 1 is 0.867 bits per heavy atom. The van der Waals surface area contributed by atoms with Gasteiger partial charge in [-0.05, 0) is 34.4 Å². The van der Waals surface area contributed by atoms with E-state index in [2.05, 4.69) is 24.3 Å². The number of benzene rings is 3. The molecule has 4 atom stereocenters. The molecule has 0 radical (unpaired) electrons. The summed E-state index contributed by atoms with van der Waals surface area (Å²) in [5.74, 6) is 0.828. The Labute approximate surface area is 176 Å². The third-order valence-corrected chi connectivity index (χ3v) is 5.42. The Bertz CT molecular complexity index is 924. The van der Waals surface area contributed by atoms with E-state index in [4.69, 9.17) is 14.2 Å². The van der Waals surface area contributed by atoms with Crippen molar-refractivity contribution in [3.05, 3.63) is 90.0 Å². The molecule has 0 spiro atoms. The molecule has 3 aromatic rings. The molecule has 1 heterocycles. The zero-order valence-electron chi connectivity index (χ0n) is 16.8. The fraction of sp³-hybridized carbons (Fsp3) is 0.280. The van der Waals surface area contributed by atoms with Crippen LogP contribution in [0.15, 0.2) is 78.9 Å². The lowest BCUT2D eigenvalue weighted by Gasteiger charge is -2.22. The number of hydrogen-bond donors (Lipinski definition) is 2. The molecule has 5 heteroatoms. The third kappa shape index (κ3) is 4.55. The van der Waals surface area contributed by atoms with Gasteiger partial charge in [-0.2, -0.15) is 0 Å². The Hall–Kier alpha value is -2.70. The Balaban J connectivity index is 1.54. The molecule has 4 rings (SSSR count). The smallest absolute Gasteiger partial charge is 0.118 e. The number of rotatable bonds is 7. The minimum absolute atomic E-state index is 0.127. The summed E-state index contributed by atoms with van der Waals surface area (Å²) >= 11 is 0. The van der Waals surface area contributed by atoms with Crippen molar-refractivity contribution in [3.63, 3.8) is 0 Å². The van der Waals surface area contributed by atoms with Gasteiger partial charge in [0, 0.05) is 0 Å². The molecule has 4 unspecified atom stereocenters. The second-order valence-electron chi connectivity index (χ2n) is 7.40. The van der Waals surface area contributed by atoms with Gasteiger partial charge in [-0.1, -0.05) is 66.7 Å². The maximum Gasteiger partial charge on any atom is 0.118 e. The maximum atomic E-state index is 10.0. The standard InChI is InChI=1S/C25H26O5/c1-28-21-13-11-18(12-14-21)17-7-9-20(10-8-17)25(19-5-3-2-4-6-19)30-16-23-24(27)22(26)15-29-23/h2-14,22-27H,15-16H2,1H3. The van der Waals surface area contributed by atoms with Crippen molar-refractivity contribution in [2.45, 2.75) is 24.4 Å². The summed E-state index contributed by atoms with van der Waals surface area (Å²) in [5, 5.41) is 19.7. The molecule has 0 aliphatic carbocycles. The average Bonchev–Trinajstić information content (AvgIpc) is 3.13. The zero-order valence-corrected chi connectivity index (χ0v) is 16.8. The first-order chi connectivity index (χ1) is 14.7. The largest absolute Gasteiger partial charge is 0.497 e. The second-order valence-corrected chi connectivity index (χ2v) is 7.40. The molecule has 156 valence electrons. The minimum atomic E-state index is -0.932. The number of aliphatic hydroxyl groups is 2. The van der Waals surface area contributed by atoms with Gasteiger partial charge in [-0.15, -0.1) is 0 Å². The van der Waals surface area contributed by atoms with Crippen LogP contribution in [0, 0.1) is 0 Å². The van der Waals surface area contributed by atoms with E-state index in [1.807, 2.05) is 54.6 Å². The summed E-state index contributed by atoms with van der Waals surface area (Å²) in [7, 11) is 1.66. The SMILES string of the molecule is COc1ccc(-c2ccc(C(OCC3OCC(O)C3O)c3ccccc3)cc2)cc1. The van der Waals surface area contributed by atoms with E-state index in [0.717, 1.165) is 28.0 Å². The van der Waals surface area contributed by atoms with E-state index in [1.54, 1.807) is 7.11 Å². The molecular formula is C25H26O5. The lowest BCUT2D eigenvalue weighted by Crippen LogP contribution is -2.33. The molecular weight excluding hydrogens is 380 g/mol. The molecule has 0 saturated carbocycles. The van der Waals surface area contributed by atoms with Gasteiger partial charge in [-0.25, -0.2) is 0 Å². The number of hydrogen-bond acceptors (Lipinski definition) is 5. The minimum Gasteiger partial charge on any atom is -0.497 e. The van der Waals surface area contributed by atoms with Crippen molar-refractivity contribution in [2.75, 3.05) is 20.3 Å². The molecule has 1 aliphatic rings. The Morgan fingerprint density at radius 2 is 1.47 bits per heavy atom. The molecule has 5 nitrogen and oxygen atoms in total. The summed E-state index contributed by atoms with van der Waals surface area (Å²) in [6, 6.07) is 26.1. The quantitative estimate of drug-likeness (QED) is 0.628. The Morgan fingerprint density at radius 3 is 2.03 bits per heavy atom. The zero-order chi connectivity index (χ0) is 20.9. The second kappa shape index (κ2) is 9.41. The van der Waals surface area contributed by atoms with E-state index < -0.39 is 18.3 Å². The molecule has 1 fully saturated rings. The highest BCUT2D eigenvalue weighted by molar-refractivity contribution is 5.64. The summed E-state index contributed by atoms with van der Waals surface area (Å²) < 4.78 is 16.9. The van der Waals surface area contributed by atoms with Crippen molar-refractivity contribution < 1.29 is 24.4 Å². The van der Waals surface area contributed by atoms with Crippen LogP contribution in [0.4, 0.5) is 0 Å². The van der Waals surface area contributed by atoms with Crippen LogP contribution in [-0.4, -0.2) is 48.8 Å². The summed E-state index contributed by atoms with van der Waals surface area (Å²) in [6.07, 6.45) is -2.63. The molecule has 3 aromatic carbocycles. The predicted octanol–water partition coefficient (Wildman–Crippen LogP) is 3.59. The van der Waals surface area contributed by atoms with E-state index in [1.165, 1.54) is 0 Å². The number of aliphatic hydroxyl groups excluding tert-OH is 2. The van der Waals surface area contributed by atoms with Crippen LogP contribution in [0.3, 0.4) is 0 Å². The van der Waals surface area contributed by atoms with Crippen molar-refractivity contribution >= 4 is 0 Å². The van der Waals surface area contributed by atoms with Crippen LogP contribution in [0.1, 0.15) is 17.2 Å². The van der Waals surface area contributed by atoms with Gasteiger partial charge in [0.25, 0.3) is 0 Å². The summed E-state index contributed by atoms with van der Waals surface area (Å²) in [4.78, 5) is 0.